The zero-order valence-corrected chi connectivity index (χ0v) is 20.9. The van der Waals surface area contributed by atoms with Crippen molar-refractivity contribution in [2.24, 2.45) is 5.92 Å². The summed E-state index contributed by atoms with van der Waals surface area (Å²) in [6.07, 6.45) is 0.288. The Morgan fingerprint density at radius 2 is 1.84 bits per heavy atom. The predicted molar refractivity (Wildman–Crippen MR) is 141 cm³/mol. The fourth-order valence-electron chi connectivity index (χ4n) is 4.17. The highest BCUT2D eigenvalue weighted by Gasteiger charge is 2.30. The molecule has 0 aliphatic rings. The number of hydrogen-bond acceptors (Lipinski definition) is 4. The summed E-state index contributed by atoms with van der Waals surface area (Å²) in [5.74, 6) is 0.435. The molecule has 196 valence electrons. The van der Waals surface area contributed by atoms with Crippen LogP contribution in [0.4, 0.5) is 19.1 Å². The summed E-state index contributed by atoms with van der Waals surface area (Å²) in [6, 6.07) is 14.1. The minimum Gasteiger partial charge on any atom is -0.324 e. The molecule has 0 unspecified atom stereocenters. The van der Waals surface area contributed by atoms with E-state index in [4.69, 9.17) is 0 Å². The molecular weight excluding hydrogens is 493 g/mol. The Hall–Kier alpha value is -4.18. The zero-order valence-electron chi connectivity index (χ0n) is 20.9. The summed E-state index contributed by atoms with van der Waals surface area (Å²) in [5.41, 5.74) is 3.44. The van der Waals surface area contributed by atoms with Gasteiger partial charge in [-0.25, -0.2) is 9.97 Å². The minimum absolute atomic E-state index is 0.221. The van der Waals surface area contributed by atoms with Crippen LogP contribution in [0.15, 0.2) is 67.0 Å². The minimum atomic E-state index is -4.42. The fraction of sp³-hybridized carbons (Fsp3) is 0.250. The summed E-state index contributed by atoms with van der Waals surface area (Å²) in [7, 11) is 0. The average molecular weight is 521 g/mol. The molecule has 0 bridgehead atoms. The largest absolute Gasteiger partial charge is 0.416 e. The van der Waals surface area contributed by atoms with Gasteiger partial charge in [-0.3, -0.25) is 10.1 Å². The summed E-state index contributed by atoms with van der Waals surface area (Å²) >= 11 is 0. The molecule has 38 heavy (non-hydrogen) atoms. The molecule has 7 nitrogen and oxygen atoms in total. The molecule has 1 amide bonds. The number of imidazole rings is 2. The van der Waals surface area contributed by atoms with Crippen molar-refractivity contribution in [3.63, 3.8) is 0 Å². The van der Waals surface area contributed by atoms with Crippen LogP contribution >= 0.6 is 0 Å². The molecule has 0 saturated heterocycles. The van der Waals surface area contributed by atoms with Crippen LogP contribution in [0.1, 0.15) is 41.9 Å². The van der Waals surface area contributed by atoms with Crippen LogP contribution in [-0.4, -0.2) is 31.8 Å². The number of carbonyl (C=O) groups excluding carboxylic acids is 1. The maximum absolute atomic E-state index is 13.1. The monoisotopic (exact) mass is 520 g/mol. The first kappa shape index (κ1) is 25.5. The molecule has 0 spiro atoms. The molecule has 5 aromatic rings. The number of nitrogens with zero attached hydrogens (tertiary/aromatic N) is 3. The molecule has 0 atom stereocenters. The lowest BCUT2D eigenvalue weighted by atomic mass is 10.0. The second kappa shape index (κ2) is 10.3. The van der Waals surface area contributed by atoms with Gasteiger partial charge in [0.2, 0.25) is 5.95 Å². The third-order valence-electron chi connectivity index (χ3n) is 6.21. The number of rotatable bonds is 8. The maximum atomic E-state index is 13.1. The van der Waals surface area contributed by atoms with E-state index in [-0.39, 0.29) is 11.6 Å². The summed E-state index contributed by atoms with van der Waals surface area (Å²) in [4.78, 5) is 24.7. The maximum Gasteiger partial charge on any atom is 0.416 e. The number of nitrogens with one attached hydrogen (secondary N) is 3. The van der Waals surface area contributed by atoms with Gasteiger partial charge in [0.1, 0.15) is 11.3 Å². The SMILES string of the molecule is CC(C)CCNCc1ccc2nc(C(=O)Nc3nc4ccc(-c5cccc(C(F)(F)F)c5)cc4[nH]3)cn2c1. The number of alkyl halides is 3. The first-order valence-electron chi connectivity index (χ1n) is 12.3. The van der Waals surface area contributed by atoms with Crippen molar-refractivity contribution in [3.8, 4) is 11.1 Å². The van der Waals surface area contributed by atoms with Gasteiger partial charge in [0.15, 0.2) is 0 Å². The second-order valence-corrected chi connectivity index (χ2v) is 9.64. The lowest BCUT2D eigenvalue weighted by Crippen LogP contribution is -2.16. The van der Waals surface area contributed by atoms with Crippen molar-refractivity contribution >= 4 is 28.5 Å². The van der Waals surface area contributed by atoms with Crippen molar-refractivity contribution in [2.75, 3.05) is 11.9 Å². The van der Waals surface area contributed by atoms with Gasteiger partial charge < -0.3 is 14.7 Å². The van der Waals surface area contributed by atoms with Crippen molar-refractivity contribution in [3.05, 3.63) is 83.8 Å². The van der Waals surface area contributed by atoms with Crippen LogP contribution in [-0.2, 0) is 12.7 Å². The number of aromatic nitrogens is 4. The summed E-state index contributed by atoms with van der Waals surface area (Å²) < 4.78 is 41.1. The first-order chi connectivity index (χ1) is 18.2. The smallest absolute Gasteiger partial charge is 0.324 e. The molecule has 0 aliphatic carbocycles. The number of halogens is 3. The van der Waals surface area contributed by atoms with Gasteiger partial charge in [-0.15, -0.1) is 0 Å². The van der Waals surface area contributed by atoms with Crippen LogP contribution in [0.25, 0.3) is 27.8 Å². The Balaban J connectivity index is 1.30. The quantitative estimate of drug-likeness (QED) is 0.210. The Morgan fingerprint density at radius 1 is 1.03 bits per heavy atom. The van der Waals surface area contributed by atoms with Gasteiger partial charge in [0.05, 0.1) is 16.6 Å². The fourth-order valence-corrected chi connectivity index (χ4v) is 4.17. The number of pyridine rings is 1. The number of hydrogen-bond donors (Lipinski definition) is 3. The first-order valence-corrected chi connectivity index (χ1v) is 12.3. The number of anilines is 1. The van der Waals surface area contributed by atoms with E-state index in [1.807, 2.05) is 22.7 Å². The van der Waals surface area contributed by atoms with Gasteiger partial charge in [0.25, 0.3) is 5.91 Å². The molecular formula is C28H27F3N6O. The molecule has 2 aromatic carbocycles. The number of carbonyl (C=O) groups is 1. The molecule has 3 aromatic heterocycles. The Morgan fingerprint density at radius 3 is 2.63 bits per heavy atom. The highest BCUT2D eigenvalue weighted by atomic mass is 19.4. The van der Waals surface area contributed by atoms with E-state index >= 15 is 0 Å². The average Bonchev–Trinajstić information content (AvgIpc) is 3.49. The number of H-pyrrole nitrogens is 1. The van der Waals surface area contributed by atoms with Crippen molar-refractivity contribution in [1.82, 2.24) is 24.7 Å². The third kappa shape index (κ3) is 5.70. The molecule has 0 saturated carbocycles. The number of fused-ring (bicyclic) bond motifs is 2. The molecule has 0 aliphatic heterocycles. The highest BCUT2D eigenvalue weighted by molar-refractivity contribution is 6.03. The van der Waals surface area contributed by atoms with E-state index in [0.717, 1.165) is 37.2 Å². The Kier molecular flexibility index (Phi) is 6.90. The predicted octanol–water partition coefficient (Wildman–Crippen LogP) is 6.28. The standard InChI is InChI=1S/C28H27F3N6O/c1-17(2)10-11-32-14-18-6-9-25-33-24(16-37(25)15-18)26(38)36-27-34-22-8-7-20(13-23(22)35-27)19-4-3-5-21(12-19)28(29,30)31/h3-9,12-13,15-17,32H,10-11,14H2,1-2H3,(H2,34,35,36,38). The van der Waals surface area contributed by atoms with E-state index in [9.17, 15) is 18.0 Å². The van der Waals surface area contributed by atoms with Crippen molar-refractivity contribution in [1.29, 1.82) is 0 Å². The molecule has 10 heteroatoms. The Bertz CT molecular complexity index is 1600. The summed E-state index contributed by atoms with van der Waals surface area (Å²) in [6.45, 7) is 6.04. The summed E-state index contributed by atoms with van der Waals surface area (Å²) in [5, 5.41) is 6.14. The molecule has 0 radical (unpaired) electrons. The van der Waals surface area contributed by atoms with Gasteiger partial charge >= 0.3 is 6.18 Å². The third-order valence-corrected chi connectivity index (χ3v) is 6.21. The van der Waals surface area contributed by atoms with Gasteiger partial charge in [-0.05, 0) is 65.9 Å². The van der Waals surface area contributed by atoms with E-state index in [2.05, 4.69) is 39.4 Å². The number of benzene rings is 2. The second-order valence-electron chi connectivity index (χ2n) is 9.64. The Labute approximate surface area is 217 Å². The lowest BCUT2D eigenvalue weighted by Gasteiger charge is -2.08. The topological polar surface area (TPSA) is 87.1 Å². The van der Waals surface area contributed by atoms with E-state index in [0.29, 0.717) is 33.7 Å². The molecule has 0 fully saturated rings. The van der Waals surface area contributed by atoms with Crippen LogP contribution in [0.5, 0.6) is 0 Å². The van der Waals surface area contributed by atoms with E-state index in [1.165, 1.54) is 6.07 Å². The van der Waals surface area contributed by atoms with Crippen molar-refractivity contribution in [2.45, 2.75) is 33.0 Å². The highest BCUT2D eigenvalue weighted by Crippen LogP contribution is 2.33. The van der Waals surface area contributed by atoms with E-state index < -0.39 is 17.6 Å². The van der Waals surface area contributed by atoms with E-state index in [1.54, 1.807) is 30.5 Å². The van der Waals surface area contributed by atoms with Crippen LogP contribution in [0.2, 0.25) is 0 Å². The van der Waals surface area contributed by atoms with Gasteiger partial charge in [-0.1, -0.05) is 38.1 Å². The van der Waals surface area contributed by atoms with Crippen LogP contribution in [0, 0.1) is 5.92 Å². The molecule has 5 rings (SSSR count). The zero-order chi connectivity index (χ0) is 26.9. The number of amides is 1. The lowest BCUT2D eigenvalue weighted by molar-refractivity contribution is -0.137. The normalized spacial score (nSPS) is 12.1. The molecule has 3 heterocycles. The van der Waals surface area contributed by atoms with Gasteiger partial charge in [0, 0.05) is 18.9 Å². The van der Waals surface area contributed by atoms with Crippen molar-refractivity contribution < 1.29 is 18.0 Å². The molecule has 3 N–H and O–H groups in total. The van der Waals surface area contributed by atoms with Gasteiger partial charge in [-0.2, -0.15) is 13.2 Å². The van der Waals surface area contributed by atoms with Crippen LogP contribution in [0.3, 0.4) is 0 Å². The number of aromatic amines is 1. The van der Waals surface area contributed by atoms with Crippen LogP contribution < -0.4 is 10.6 Å².